The number of fused-ring (bicyclic) bond motifs is 1. The van der Waals surface area contributed by atoms with Gasteiger partial charge in [0.05, 0.1) is 11.9 Å². The molecule has 2 N–H and O–H groups in total. The highest BCUT2D eigenvalue weighted by atomic mass is 35.5. The fourth-order valence-corrected chi connectivity index (χ4v) is 2.87. The van der Waals surface area contributed by atoms with Gasteiger partial charge in [0.25, 0.3) is 0 Å². The third kappa shape index (κ3) is 2.63. The maximum Gasteiger partial charge on any atom is 0.214 e. The number of aliphatic hydroxyl groups is 1. The molecule has 0 saturated heterocycles. The van der Waals surface area contributed by atoms with Crippen LogP contribution >= 0.6 is 22.9 Å². The van der Waals surface area contributed by atoms with Crippen LogP contribution in [0.1, 0.15) is 6.42 Å². The van der Waals surface area contributed by atoms with Crippen molar-refractivity contribution < 1.29 is 5.11 Å². The van der Waals surface area contributed by atoms with Gasteiger partial charge in [-0.1, -0.05) is 35.1 Å². The molecule has 0 aliphatic heterocycles. The third-order valence-corrected chi connectivity index (χ3v) is 3.93. The summed E-state index contributed by atoms with van der Waals surface area (Å²) < 4.78 is 1.80. The lowest BCUT2D eigenvalue weighted by atomic mass is 10.2. The first-order valence-corrected chi connectivity index (χ1v) is 7.42. The maximum absolute atomic E-state index is 8.78. The zero-order chi connectivity index (χ0) is 13.9. The van der Waals surface area contributed by atoms with Gasteiger partial charge >= 0.3 is 0 Å². The highest BCUT2D eigenvalue weighted by Gasteiger charge is 2.11. The second-order valence-electron chi connectivity index (χ2n) is 4.26. The summed E-state index contributed by atoms with van der Waals surface area (Å²) in [6.07, 6.45) is 2.49. The molecule has 0 amide bonds. The van der Waals surface area contributed by atoms with E-state index in [1.54, 1.807) is 10.7 Å². The molecule has 104 valence electrons. The topological polar surface area (TPSA) is 62.5 Å². The Bertz CT molecular complexity index is 724. The quantitative estimate of drug-likeness (QED) is 0.711. The van der Waals surface area contributed by atoms with Crippen molar-refractivity contribution in [2.45, 2.75) is 6.42 Å². The smallest absolute Gasteiger partial charge is 0.214 e. The van der Waals surface area contributed by atoms with Crippen LogP contribution in [-0.4, -0.2) is 32.9 Å². The zero-order valence-corrected chi connectivity index (χ0v) is 12.2. The van der Waals surface area contributed by atoms with E-state index >= 15 is 0 Å². The number of hydrogen-bond acceptors (Lipinski definition) is 5. The summed E-state index contributed by atoms with van der Waals surface area (Å²) >= 11 is 7.50. The van der Waals surface area contributed by atoms with Gasteiger partial charge in [-0.2, -0.15) is 0 Å². The zero-order valence-electron chi connectivity index (χ0n) is 10.6. The van der Waals surface area contributed by atoms with Gasteiger partial charge < -0.3 is 10.4 Å². The third-order valence-electron chi connectivity index (χ3n) is 2.82. The Balaban J connectivity index is 1.92. The minimum atomic E-state index is 0.170. The Morgan fingerprint density at radius 3 is 3.10 bits per heavy atom. The number of nitrogens with zero attached hydrogens (tertiary/aromatic N) is 3. The molecule has 0 radical (unpaired) electrons. The van der Waals surface area contributed by atoms with Gasteiger partial charge in [-0.3, -0.25) is 0 Å². The summed E-state index contributed by atoms with van der Waals surface area (Å²) in [6.45, 7) is 0.864. The molecular weight excluding hydrogens is 296 g/mol. The first-order chi connectivity index (χ1) is 9.78. The molecule has 2 aromatic heterocycles. The van der Waals surface area contributed by atoms with Crippen LogP contribution in [0.25, 0.3) is 16.2 Å². The second-order valence-corrected chi connectivity index (χ2v) is 5.65. The van der Waals surface area contributed by atoms with Crippen LogP contribution < -0.4 is 5.32 Å². The van der Waals surface area contributed by atoms with Crippen LogP contribution in [0.3, 0.4) is 0 Å². The fraction of sp³-hybridized carbons (Fsp3) is 0.231. The number of hydrogen-bond donors (Lipinski definition) is 2. The van der Waals surface area contributed by atoms with Gasteiger partial charge in [0.2, 0.25) is 10.1 Å². The van der Waals surface area contributed by atoms with Crippen molar-refractivity contribution in [1.29, 1.82) is 0 Å². The monoisotopic (exact) mass is 308 g/mol. The fourth-order valence-electron chi connectivity index (χ4n) is 1.88. The van der Waals surface area contributed by atoms with Gasteiger partial charge in [-0.15, -0.1) is 5.10 Å². The number of rotatable bonds is 5. The van der Waals surface area contributed by atoms with Crippen molar-refractivity contribution in [1.82, 2.24) is 14.6 Å². The molecule has 0 unspecified atom stereocenters. The first kappa shape index (κ1) is 13.4. The highest BCUT2D eigenvalue weighted by Crippen LogP contribution is 2.27. The SMILES string of the molecule is OCCCNc1nn2c(-c3cccc(Cl)c3)cnc2s1. The first-order valence-electron chi connectivity index (χ1n) is 6.23. The summed E-state index contributed by atoms with van der Waals surface area (Å²) in [4.78, 5) is 5.19. The molecule has 0 saturated carbocycles. The van der Waals surface area contributed by atoms with Crippen LogP contribution in [0.5, 0.6) is 0 Å². The number of halogens is 1. The Kier molecular flexibility index (Phi) is 3.86. The molecule has 3 rings (SSSR count). The van der Waals surface area contributed by atoms with E-state index in [1.165, 1.54) is 11.3 Å². The van der Waals surface area contributed by atoms with Gasteiger partial charge in [0, 0.05) is 23.7 Å². The van der Waals surface area contributed by atoms with Gasteiger partial charge in [0.15, 0.2) is 0 Å². The van der Waals surface area contributed by atoms with Crippen molar-refractivity contribution in [3.05, 3.63) is 35.5 Å². The Morgan fingerprint density at radius 1 is 1.40 bits per heavy atom. The molecule has 0 atom stereocenters. The summed E-state index contributed by atoms with van der Waals surface area (Å²) in [5.41, 5.74) is 1.89. The molecule has 0 aliphatic carbocycles. The van der Waals surface area contributed by atoms with Gasteiger partial charge in [-0.05, 0) is 18.6 Å². The average Bonchev–Trinajstić information content (AvgIpc) is 2.98. The summed E-state index contributed by atoms with van der Waals surface area (Å²) in [7, 11) is 0. The summed E-state index contributed by atoms with van der Waals surface area (Å²) in [6, 6.07) is 7.62. The molecular formula is C13H13ClN4OS. The lowest BCUT2D eigenvalue weighted by Crippen LogP contribution is -2.03. The van der Waals surface area contributed by atoms with Crippen LogP contribution in [0.15, 0.2) is 30.5 Å². The number of benzene rings is 1. The van der Waals surface area contributed by atoms with E-state index in [0.717, 1.165) is 21.3 Å². The van der Waals surface area contributed by atoms with E-state index in [0.29, 0.717) is 18.0 Å². The lowest BCUT2D eigenvalue weighted by molar-refractivity contribution is 0.292. The predicted octanol–water partition coefficient (Wildman–Crippen LogP) is 2.91. The molecule has 7 heteroatoms. The lowest BCUT2D eigenvalue weighted by Gasteiger charge is -2.00. The summed E-state index contributed by atoms with van der Waals surface area (Å²) in [5, 5.41) is 17.9. The van der Waals surface area contributed by atoms with Crippen molar-refractivity contribution in [3.63, 3.8) is 0 Å². The minimum Gasteiger partial charge on any atom is -0.396 e. The Labute approximate surface area is 124 Å². The van der Waals surface area contributed by atoms with E-state index in [2.05, 4.69) is 15.4 Å². The van der Waals surface area contributed by atoms with E-state index in [1.807, 2.05) is 24.3 Å². The van der Waals surface area contributed by atoms with Crippen molar-refractivity contribution in [3.8, 4) is 11.3 Å². The number of imidazole rings is 1. The maximum atomic E-state index is 8.78. The largest absolute Gasteiger partial charge is 0.396 e. The van der Waals surface area contributed by atoms with Crippen LogP contribution in [0.2, 0.25) is 5.02 Å². The molecule has 20 heavy (non-hydrogen) atoms. The molecule has 0 fully saturated rings. The number of nitrogens with one attached hydrogen (secondary N) is 1. The Hall–Kier alpha value is -1.63. The predicted molar refractivity (Wildman–Crippen MR) is 81.5 cm³/mol. The second kappa shape index (κ2) is 5.78. The van der Waals surface area contributed by atoms with Crippen molar-refractivity contribution in [2.75, 3.05) is 18.5 Å². The molecule has 2 heterocycles. The van der Waals surface area contributed by atoms with Crippen LogP contribution in [-0.2, 0) is 0 Å². The molecule has 0 aliphatic rings. The Morgan fingerprint density at radius 2 is 2.30 bits per heavy atom. The van der Waals surface area contributed by atoms with Crippen LogP contribution in [0, 0.1) is 0 Å². The van der Waals surface area contributed by atoms with E-state index < -0.39 is 0 Å². The summed E-state index contributed by atoms with van der Waals surface area (Å²) in [5.74, 6) is 0. The standard InChI is InChI=1S/C13H13ClN4OS/c14-10-4-1-3-9(7-10)11-8-16-13-18(11)17-12(20-13)15-5-2-6-19/h1,3-4,7-8,19H,2,5-6H2,(H,15,17). The molecule has 0 spiro atoms. The molecule has 0 bridgehead atoms. The van der Waals surface area contributed by atoms with E-state index in [4.69, 9.17) is 16.7 Å². The highest BCUT2D eigenvalue weighted by molar-refractivity contribution is 7.20. The van der Waals surface area contributed by atoms with E-state index in [9.17, 15) is 0 Å². The molecule has 5 nitrogen and oxygen atoms in total. The minimum absolute atomic E-state index is 0.170. The van der Waals surface area contributed by atoms with Gasteiger partial charge in [-0.25, -0.2) is 9.50 Å². The van der Waals surface area contributed by atoms with E-state index in [-0.39, 0.29) is 6.61 Å². The van der Waals surface area contributed by atoms with Gasteiger partial charge in [0.1, 0.15) is 0 Å². The normalized spacial score (nSPS) is 11.1. The molecule has 3 aromatic rings. The number of anilines is 1. The number of aromatic nitrogens is 3. The van der Waals surface area contributed by atoms with Crippen LogP contribution in [0.4, 0.5) is 5.13 Å². The molecule has 1 aromatic carbocycles. The van der Waals surface area contributed by atoms with Crippen molar-refractivity contribution >= 4 is 33.0 Å². The van der Waals surface area contributed by atoms with Crippen molar-refractivity contribution in [2.24, 2.45) is 0 Å². The number of aliphatic hydroxyl groups excluding tert-OH is 1. The average molecular weight is 309 g/mol.